The molecular weight excluding hydrogens is 266 g/mol. The van der Waals surface area contributed by atoms with Gasteiger partial charge in [0, 0.05) is 11.1 Å². The lowest BCUT2D eigenvalue weighted by molar-refractivity contribution is -0.127. The van der Waals surface area contributed by atoms with Crippen LogP contribution in [0.1, 0.15) is 41.8 Å². The highest BCUT2D eigenvalue weighted by Crippen LogP contribution is 2.23. The minimum Gasteiger partial charge on any atom is -0.322 e. The van der Waals surface area contributed by atoms with E-state index in [4.69, 9.17) is 0 Å². The standard InChI is InChI=1S/C17H19NO3/c1-9(2)15-13(19)8-14(20)18-16(15)17(21)12-6-10(3)5-11(4)7-12/h5-7,9H,8H2,1-4H3,(H,18,20). The molecule has 0 unspecified atom stereocenters. The van der Waals surface area contributed by atoms with Crippen LogP contribution in [0.5, 0.6) is 0 Å². The van der Waals surface area contributed by atoms with Crippen LogP contribution in [0.25, 0.3) is 0 Å². The van der Waals surface area contributed by atoms with Crippen LogP contribution in [0.3, 0.4) is 0 Å². The van der Waals surface area contributed by atoms with Crippen LogP contribution in [0.2, 0.25) is 0 Å². The normalized spacial score (nSPS) is 15.5. The number of rotatable bonds is 3. The Balaban J connectivity index is 2.55. The van der Waals surface area contributed by atoms with Crippen molar-refractivity contribution in [3.8, 4) is 0 Å². The van der Waals surface area contributed by atoms with E-state index in [9.17, 15) is 14.4 Å². The first kappa shape index (κ1) is 15.2. The number of allylic oxidation sites excluding steroid dienone is 2. The molecule has 110 valence electrons. The molecule has 0 saturated carbocycles. The first-order valence-electron chi connectivity index (χ1n) is 6.99. The molecule has 1 amide bonds. The van der Waals surface area contributed by atoms with Gasteiger partial charge in [0.15, 0.2) is 5.78 Å². The number of hydrogen-bond donors (Lipinski definition) is 1. The molecule has 0 aliphatic carbocycles. The maximum atomic E-state index is 12.7. The summed E-state index contributed by atoms with van der Waals surface area (Å²) in [5, 5.41) is 2.59. The van der Waals surface area contributed by atoms with E-state index in [0.717, 1.165) is 11.1 Å². The second kappa shape index (κ2) is 5.64. The Hall–Kier alpha value is -2.23. The first-order valence-corrected chi connectivity index (χ1v) is 6.99. The molecular formula is C17H19NO3. The zero-order valence-corrected chi connectivity index (χ0v) is 12.7. The van der Waals surface area contributed by atoms with Gasteiger partial charge in [-0.1, -0.05) is 31.0 Å². The number of ketones is 2. The zero-order chi connectivity index (χ0) is 15.7. The van der Waals surface area contributed by atoms with Crippen molar-refractivity contribution in [1.82, 2.24) is 5.32 Å². The van der Waals surface area contributed by atoms with Gasteiger partial charge >= 0.3 is 0 Å². The second-order valence-corrected chi connectivity index (χ2v) is 5.80. The largest absolute Gasteiger partial charge is 0.322 e. The van der Waals surface area contributed by atoms with Crippen LogP contribution >= 0.6 is 0 Å². The highest BCUT2D eigenvalue weighted by Gasteiger charge is 2.31. The van der Waals surface area contributed by atoms with Gasteiger partial charge in [0.25, 0.3) is 0 Å². The second-order valence-electron chi connectivity index (χ2n) is 5.80. The zero-order valence-electron chi connectivity index (χ0n) is 12.7. The molecule has 0 bridgehead atoms. The lowest BCUT2D eigenvalue weighted by Gasteiger charge is -2.22. The van der Waals surface area contributed by atoms with Crippen molar-refractivity contribution in [3.63, 3.8) is 0 Å². The molecule has 0 saturated heterocycles. The summed E-state index contributed by atoms with van der Waals surface area (Å²) in [6.07, 6.45) is -0.183. The molecule has 1 aliphatic heterocycles. The molecule has 0 fully saturated rings. The summed E-state index contributed by atoms with van der Waals surface area (Å²) in [6, 6.07) is 5.51. The molecule has 1 aromatic rings. The van der Waals surface area contributed by atoms with Gasteiger partial charge < -0.3 is 5.32 Å². The Morgan fingerprint density at radius 2 is 1.67 bits per heavy atom. The number of hydrogen-bond acceptors (Lipinski definition) is 3. The molecule has 0 spiro atoms. The average Bonchev–Trinajstić information content (AvgIpc) is 2.35. The number of carbonyl (C=O) groups is 3. The third-order valence-corrected chi connectivity index (χ3v) is 3.44. The van der Waals surface area contributed by atoms with Crippen LogP contribution in [-0.2, 0) is 9.59 Å². The highest BCUT2D eigenvalue weighted by molar-refractivity contribution is 6.21. The van der Waals surface area contributed by atoms with Gasteiger partial charge in [-0.15, -0.1) is 0 Å². The van der Waals surface area contributed by atoms with Gasteiger partial charge in [-0.2, -0.15) is 0 Å². The van der Waals surface area contributed by atoms with Crippen molar-refractivity contribution in [2.45, 2.75) is 34.1 Å². The van der Waals surface area contributed by atoms with Crippen LogP contribution in [0, 0.1) is 19.8 Å². The molecule has 1 N–H and O–H groups in total. The van der Waals surface area contributed by atoms with Crippen molar-refractivity contribution in [2.75, 3.05) is 0 Å². The van der Waals surface area contributed by atoms with Gasteiger partial charge in [0.05, 0.1) is 12.1 Å². The Labute approximate surface area is 124 Å². The molecule has 0 atom stereocenters. The molecule has 4 nitrogen and oxygen atoms in total. The van der Waals surface area contributed by atoms with Gasteiger partial charge in [0.2, 0.25) is 11.7 Å². The predicted molar refractivity (Wildman–Crippen MR) is 79.9 cm³/mol. The summed E-state index contributed by atoms with van der Waals surface area (Å²) in [5.41, 5.74) is 2.99. The fraction of sp³-hybridized carbons (Fsp3) is 0.353. The number of aryl methyl sites for hydroxylation is 2. The van der Waals surface area contributed by atoms with E-state index < -0.39 is 5.91 Å². The Bertz CT molecular complexity index is 648. The summed E-state index contributed by atoms with van der Waals surface area (Å²) in [7, 11) is 0. The Morgan fingerprint density at radius 1 is 1.10 bits per heavy atom. The van der Waals surface area contributed by atoms with Gasteiger partial charge in [-0.05, 0) is 31.9 Å². The van der Waals surface area contributed by atoms with Crippen molar-refractivity contribution >= 4 is 17.5 Å². The minimum absolute atomic E-state index is 0.108. The Morgan fingerprint density at radius 3 is 2.19 bits per heavy atom. The Kier molecular flexibility index (Phi) is 4.07. The lowest BCUT2D eigenvalue weighted by Crippen LogP contribution is -2.38. The third kappa shape index (κ3) is 3.10. The highest BCUT2D eigenvalue weighted by atomic mass is 16.2. The minimum atomic E-state index is -0.419. The quantitative estimate of drug-likeness (QED) is 0.685. The van der Waals surface area contributed by atoms with E-state index in [1.807, 2.05) is 33.8 Å². The summed E-state index contributed by atoms with van der Waals surface area (Å²) in [6.45, 7) is 7.51. The number of benzene rings is 1. The fourth-order valence-electron chi connectivity index (χ4n) is 2.67. The van der Waals surface area contributed by atoms with Crippen molar-refractivity contribution in [2.24, 2.45) is 5.92 Å². The summed E-state index contributed by atoms with van der Waals surface area (Å²) in [5.74, 6) is -1.09. The molecule has 21 heavy (non-hydrogen) atoms. The maximum absolute atomic E-state index is 12.7. The summed E-state index contributed by atoms with van der Waals surface area (Å²) >= 11 is 0. The van der Waals surface area contributed by atoms with E-state index in [-0.39, 0.29) is 29.6 Å². The SMILES string of the molecule is Cc1cc(C)cc(C(=O)C2=C(C(C)C)C(=O)CC(=O)N2)c1. The first-order chi connectivity index (χ1) is 9.79. The smallest absolute Gasteiger partial charge is 0.232 e. The van der Waals surface area contributed by atoms with E-state index in [1.54, 1.807) is 12.1 Å². The van der Waals surface area contributed by atoms with Gasteiger partial charge in [-0.25, -0.2) is 0 Å². The van der Waals surface area contributed by atoms with Gasteiger partial charge in [0.1, 0.15) is 0 Å². The fourth-order valence-corrected chi connectivity index (χ4v) is 2.67. The summed E-state index contributed by atoms with van der Waals surface area (Å²) < 4.78 is 0. The van der Waals surface area contributed by atoms with Gasteiger partial charge in [-0.3, -0.25) is 14.4 Å². The van der Waals surface area contributed by atoms with Crippen molar-refractivity contribution < 1.29 is 14.4 Å². The number of Topliss-reactive ketones (excluding diaryl/α,β-unsaturated/α-hetero) is 2. The molecule has 1 aliphatic rings. The number of amides is 1. The summed E-state index contributed by atoms with van der Waals surface area (Å²) in [4.78, 5) is 36.3. The molecule has 0 aromatic heterocycles. The predicted octanol–water partition coefficient (Wildman–Crippen LogP) is 2.49. The monoisotopic (exact) mass is 285 g/mol. The third-order valence-electron chi connectivity index (χ3n) is 3.44. The molecule has 0 radical (unpaired) electrons. The topological polar surface area (TPSA) is 63.2 Å². The molecule has 1 heterocycles. The van der Waals surface area contributed by atoms with Crippen molar-refractivity contribution in [1.29, 1.82) is 0 Å². The molecule has 4 heteroatoms. The van der Waals surface area contributed by atoms with E-state index in [1.165, 1.54) is 0 Å². The van der Waals surface area contributed by atoms with Crippen molar-refractivity contribution in [3.05, 3.63) is 46.2 Å². The number of carbonyl (C=O) groups excluding carboxylic acids is 3. The average molecular weight is 285 g/mol. The van der Waals surface area contributed by atoms with E-state index in [0.29, 0.717) is 11.1 Å². The van der Waals surface area contributed by atoms with E-state index >= 15 is 0 Å². The van der Waals surface area contributed by atoms with Crippen LogP contribution < -0.4 is 5.32 Å². The van der Waals surface area contributed by atoms with E-state index in [2.05, 4.69) is 5.32 Å². The van der Waals surface area contributed by atoms with Crippen LogP contribution in [0.15, 0.2) is 29.5 Å². The maximum Gasteiger partial charge on any atom is 0.232 e. The van der Waals surface area contributed by atoms with Crippen LogP contribution in [0.4, 0.5) is 0 Å². The lowest BCUT2D eigenvalue weighted by atomic mass is 9.88. The number of nitrogens with one attached hydrogen (secondary N) is 1. The van der Waals surface area contributed by atoms with Crippen LogP contribution in [-0.4, -0.2) is 17.5 Å². The molecule has 1 aromatic carbocycles. The molecule has 2 rings (SSSR count).